The van der Waals surface area contributed by atoms with Crippen molar-refractivity contribution in [2.45, 2.75) is 25.7 Å². The molecular weight excluding hydrogens is 393 g/mol. The zero-order chi connectivity index (χ0) is 14.7. The average molecular weight is 408 g/mol. The standard InChI is InChI=1S/C14H15ClINO3/c15-11-7-10(16)4-5-12(11)17-13(18)8-2-1-3-9(6-8)14(19)20/h4-5,7-9H,1-3,6H2,(H,17,18)(H,19,20). The first-order valence-electron chi connectivity index (χ1n) is 6.46. The summed E-state index contributed by atoms with van der Waals surface area (Å²) in [6.07, 6.45) is 2.57. The van der Waals surface area contributed by atoms with Gasteiger partial charge < -0.3 is 10.4 Å². The lowest BCUT2D eigenvalue weighted by Crippen LogP contribution is -2.31. The Morgan fingerprint density at radius 3 is 2.65 bits per heavy atom. The molecule has 0 aromatic heterocycles. The summed E-state index contributed by atoms with van der Waals surface area (Å²) in [7, 11) is 0. The third-order valence-electron chi connectivity index (χ3n) is 3.58. The van der Waals surface area contributed by atoms with Gasteiger partial charge in [0.05, 0.1) is 16.6 Å². The smallest absolute Gasteiger partial charge is 0.306 e. The van der Waals surface area contributed by atoms with Crippen LogP contribution in [0.2, 0.25) is 5.02 Å². The molecule has 2 atom stereocenters. The molecular formula is C14H15ClINO3. The van der Waals surface area contributed by atoms with E-state index >= 15 is 0 Å². The molecule has 20 heavy (non-hydrogen) atoms. The van der Waals surface area contributed by atoms with Crippen molar-refractivity contribution in [1.29, 1.82) is 0 Å². The molecule has 0 radical (unpaired) electrons. The molecule has 0 spiro atoms. The molecule has 1 saturated carbocycles. The van der Waals surface area contributed by atoms with Gasteiger partial charge in [-0.1, -0.05) is 18.0 Å². The molecule has 6 heteroatoms. The summed E-state index contributed by atoms with van der Waals surface area (Å²) in [6, 6.07) is 5.40. The minimum Gasteiger partial charge on any atom is -0.481 e. The minimum atomic E-state index is -0.810. The van der Waals surface area contributed by atoms with Gasteiger partial charge in [0.15, 0.2) is 0 Å². The van der Waals surface area contributed by atoms with Crippen molar-refractivity contribution in [3.05, 3.63) is 26.8 Å². The Kier molecular flexibility index (Phi) is 5.26. The maximum Gasteiger partial charge on any atom is 0.306 e. The van der Waals surface area contributed by atoms with Crippen LogP contribution in [0.1, 0.15) is 25.7 Å². The van der Waals surface area contributed by atoms with Crippen molar-refractivity contribution in [1.82, 2.24) is 0 Å². The highest BCUT2D eigenvalue weighted by atomic mass is 127. The van der Waals surface area contributed by atoms with Crippen LogP contribution in [0, 0.1) is 15.4 Å². The lowest BCUT2D eigenvalue weighted by molar-refractivity contribution is -0.143. The second-order valence-electron chi connectivity index (χ2n) is 5.01. The van der Waals surface area contributed by atoms with Gasteiger partial charge in [0, 0.05) is 9.49 Å². The predicted molar refractivity (Wildman–Crippen MR) is 85.9 cm³/mol. The zero-order valence-corrected chi connectivity index (χ0v) is 13.6. The summed E-state index contributed by atoms with van der Waals surface area (Å²) in [5.41, 5.74) is 0.578. The molecule has 0 bridgehead atoms. The van der Waals surface area contributed by atoms with Crippen LogP contribution in [0.5, 0.6) is 0 Å². The number of hydrogen-bond donors (Lipinski definition) is 2. The summed E-state index contributed by atoms with van der Waals surface area (Å²) in [5, 5.41) is 12.3. The van der Waals surface area contributed by atoms with E-state index in [0.717, 1.165) is 16.4 Å². The lowest BCUT2D eigenvalue weighted by Gasteiger charge is -2.25. The van der Waals surface area contributed by atoms with Gasteiger partial charge >= 0.3 is 5.97 Å². The predicted octanol–water partition coefficient (Wildman–Crippen LogP) is 3.77. The number of carboxylic acids is 1. The van der Waals surface area contributed by atoms with Crippen molar-refractivity contribution >= 4 is 51.8 Å². The van der Waals surface area contributed by atoms with Crippen molar-refractivity contribution in [3.63, 3.8) is 0 Å². The number of rotatable bonds is 3. The highest BCUT2D eigenvalue weighted by Gasteiger charge is 2.31. The van der Waals surface area contributed by atoms with Crippen LogP contribution in [-0.4, -0.2) is 17.0 Å². The molecule has 1 aromatic carbocycles. The SMILES string of the molecule is O=C(O)C1CCCC(C(=O)Nc2ccc(I)cc2Cl)C1. The zero-order valence-electron chi connectivity index (χ0n) is 10.7. The highest BCUT2D eigenvalue weighted by molar-refractivity contribution is 14.1. The number of anilines is 1. The van der Waals surface area contributed by atoms with E-state index in [2.05, 4.69) is 27.9 Å². The molecule has 4 nitrogen and oxygen atoms in total. The van der Waals surface area contributed by atoms with Crippen LogP contribution in [0.25, 0.3) is 0 Å². The van der Waals surface area contributed by atoms with E-state index in [1.165, 1.54) is 0 Å². The highest BCUT2D eigenvalue weighted by Crippen LogP contribution is 2.31. The number of nitrogens with one attached hydrogen (secondary N) is 1. The monoisotopic (exact) mass is 407 g/mol. The van der Waals surface area contributed by atoms with Gasteiger partial charge in [0.1, 0.15) is 0 Å². The first-order chi connectivity index (χ1) is 9.47. The fraction of sp³-hybridized carbons (Fsp3) is 0.429. The summed E-state index contributed by atoms with van der Waals surface area (Å²) >= 11 is 8.22. The Bertz CT molecular complexity index is 535. The van der Waals surface area contributed by atoms with Crippen LogP contribution >= 0.6 is 34.2 Å². The second-order valence-corrected chi connectivity index (χ2v) is 6.66. The number of carbonyl (C=O) groups is 2. The Labute approximate surface area is 136 Å². The molecule has 2 unspecified atom stereocenters. The molecule has 1 aliphatic rings. The number of aliphatic carboxylic acids is 1. The van der Waals surface area contributed by atoms with Gasteiger partial charge in [0.2, 0.25) is 5.91 Å². The fourth-order valence-corrected chi connectivity index (χ4v) is 3.38. The van der Waals surface area contributed by atoms with E-state index in [-0.39, 0.29) is 11.8 Å². The summed E-state index contributed by atoms with van der Waals surface area (Å²) < 4.78 is 0.995. The first-order valence-corrected chi connectivity index (χ1v) is 7.91. The second kappa shape index (κ2) is 6.76. The summed E-state index contributed by atoms with van der Waals surface area (Å²) in [6.45, 7) is 0. The fourth-order valence-electron chi connectivity index (χ4n) is 2.48. The Morgan fingerprint density at radius 2 is 2.00 bits per heavy atom. The van der Waals surface area contributed by atoms with E-state index in [1.807, 2.05) is 6.07 Å². The number of benzene rings is 1. The van der Waals surface area contributed by atoms with E-state index in [4.69, 9.17) is 16.7 Å². The number of carbonyl (C=O) groups excluding carboxylic acids is 1. The topological polar surface area (TPSA) is 66.4 Å². The first kappa shape index (κ1) is 15.6. The minimum absolute atomic E-state index is 0.140. The van der Waals surface area contributed by atoms with Crippen LogP contribution in [-0.2, 0) is 9.59 Å². The quantitative estimate of drug-likeness (QED) is 0.750. The Balaban J connectivity index is 2.02. The van der Waals surface area contributed by atoms with Crippen molar-refractivity contribution in [2.75, 3.05) is 5.32 Å². The van der Waals surface area contributed by atoms with Gasteiger partial charge in [-0.15, -0.1) is 0 Å². The van der Waals surface area contributed by atoms with Crippen molar-refractivity contribution in [3.8, 4) is 0 Å². The van der Waals surface area contributed by atoms with Crippen LogP contribution in [0.3, 0.4) is 0 Å². The molecule has 1 aromatic rings. The van der Waals surface area contributed by atoms with Crippen LogP contribution in [0.4, 0.5) is 5.69 Å². The normalized spacial score (nSPS) is 22.3. The van der Waals surface area contributed by atoms with E-state index in [9.17, 15) is 9.59 Å². The Morgan fingerprint density at radius 1 is 1.30 bits per heavy atom. The van der Waals surface area contributed by atoms with E-state index in [0.29, 0.717) is 23.6 Å². The molecule has 0 heterocycles. The van der Waals surface area contributed by atoms with Gasteiger partial charge in [-0.05, 0) is 60.1 Å². The van der Waals surface area contributed by atoms with Gasteiger partial charge in [-0.3, -0.25) is 9.59 Å². The van der Waals surface area contributed by atoms with Gasteiger partial charge in [-0.25, -0.2) is 0 Å². The number of carboxylic acid groups (broad SMARTS) is 1. The Hall–Kier alpha value is -0.820. The number of amides is 1. The molecule has 2 rings (SSSR count). The average Bonchev–Trinajstić information content (AvgIpc) is 2.42. The molecule has 1 aliphatic carbocycles. The van der Waals surface area contributed by atoms with E-state index in [1.54, 1.807) is 12.1 Å². The maximum absolute atomic E-state index is 12.2. The molecule has 0 aliphatic heterocycles. The molecule has 2 N–H and O–H groups in total. The number of halogens is 2. The van der Waals surface area contributed by atoms with Crippen LogP contribution < -0.4 is 5.32 Å². The maximum atomic E-state index is 12.2. The molecule has 1 fully saturated rings. The van der Waals surface area contributed by atoms with Gasteiger partial charge in [-0.2, -0.15) is 0 Å². The molecule has 0 saturated heterocycles. The molecule has 108 valence electrons. The summed E-state index contributed by atoms with van der Waals surface area (Å²) in [4.78, 5) is 23.2. The van der Waals surface area contributed by atoms with Crippen LogP contribution in [0.15, 0.2) is 18.2 Å². The third kappa shape index (κ3) is 3.85. The van der Waals surface area contributed by atoms with Gasteiger partial charge in [0.25, 0.3) is 0 Å². The largest absolute Gasteiger partial charge is 0.481 e. The van der Waals surface area contributed by atoms with E-state index < -0.39 is 11.9 Å². The molecule has 1 amide bonds. The van der Waals surface area contributed by atoms with Crippen molar-refractivity contribution in [2.24, 2.45) is 11.8 Å². The van der Waals surface area contributed by atoms with Crippen molar-refractivity contribution < 1.29 is 14.7 Å². The summed E-state index contributed by atoms with van der Waals surface area (Å²) in [5.74, 6) is -1.61. The third-order valence-corrected chi connectivity index (χ3v) is 4.57. The lowest BCUT2D eigenvalue weighted by atomic mass is 9.81. The number of hydrogen-bond acceptors (Lipinski definition) is 2.